The Morgan fingerprint density at radius 1 is 1.14 bits per heavy atom. The molecule has 150 valence electrons. The van der Waals surface area contributed by atoms with Gasteiger partial charge >= 0.3 is 0 Å². The molecule has 2 aromatic rings. The maximum absolute atomic E-state index is 12.5. The highest BCUT2D eigenvalue weighted by atomic mass is 35.5. The fourth-order valence-corrected chi connectivity index (χ4v) is 4.62. The van der Waals surface area contributed by atoms with Crippen LogP contribution in [0.2, 0.25) is 5.02 Å². The number of hydrogen-bond acceptors (Lipinski definition) is 5. The molecule has 0 aromatic carbocycles. The predicted octanol–water partition coefficient (Wildman–Crippen LogP) is 0.0529. The average Bonchev–Trinajstić information content (AvgIpc) is 3.36. The number of nitrogens with zero attached hydrogens (tertiary/aromatic N) is 4. The van der Waals surface area contributed by atoms with Crippen LogP contribution in [0.15, 0.2) is 17.4 Å². The lowest BCUT2D eigenvalue weighted by Gasteiger charge is -2.32. The van der Waals surface area contributed by atoms with E-state index >= 15 is 0 Å². The normalized spacial score (nSPS) is 18.2. The Kier molecular flexibility index (Phi) is 6.03. The summed E-state index contributed by atoms with van der Waals surface area (Å²) < 4.78 is 0. The standard InChI is InChI=1S/C18H23ClN6O2S/c19-13-9-14-17(20-10-13)22-18(21-14)28-12-16(27)25-7-5-23(6-8-25)11-15(26)24-3-1-2-4-24/h9-10H,1-8,11-12H2,(H,20,21,22)/p+1. The molecule has 2 fully saturated rings. The minimum Gasteiger partial charge on any atom is -0.338 e. The van der Waals surface area contributed by atoms with Gasteiger partial charge in [-0.2, -0.15) is 0 Å². The lowest BCUT2D eigenvalue weighted by molar-refractivity contribution is -0.896. The molecule has 8 nitrogen and oxygen atoms in total. The first kappa shape index (κ1) is 19.5. The Bertz CT molecular complexity index is 861. The number of likely N-dealkylation sites (tertiary alicyclic amines) is 1. The highest BCUT2D eigenvalue weighted by molar-refractivity contribution is 7.99. The van der Waals surface area contributed by atoms with Crippen LogP contribution in [0.1, 0.15) is 12.8 Å². The fraction of sp³-hybridized carbons (Fsp3) is 0.556. The number of piperazine rings is 1. The van der Waals surface area contributed by atoms with Gasteiger partial charge < -0.3 is 19.7 Å². The third kappa shape index (κ3) is 4.59. The average molecular weight is 424 g/mol. The molecule has 0 radical (unpaired) electrons. The van der Waals surface area contributed by atoms with Gasteiger partial charge in [-0.3, -0.25) is 9.59 Å². The summed E-state index contributed by atoms with van der Waals surface area (Å²) >= 11 is 7.31. The van der Waals surface area contributed by atoms with Crippen LogP contribution >= 0.6 is 23.4 Å². The summed E-state index contributed by atoms with van der Waals surface area (Å²) in [6.07, 6.45) is 3.80. The van der Waals surface area contributed by atoms with E-state index < -0.39 is 0 Å². The number of imidazole rings is 1. The summed E-state index contributed by atoms with van der Waals surface area (Å²) in [5.41, 5.74) is 1.36. The van der Waals surface area contributed by atoms with Crippen LogP contribution in [0.4, 0.5) is 0 Å². The van der Waals surface area contributed by atoms with Crippen molar-refractivity contribution >= 4 is 46.3 Å². The number of thioether (sulfide) groups is 1. The molecule has 2 N–H and O–H groups in total. The summed E-state index contributed by atoms with van der Waals surface area (Å²) in [6, 6.07) is 1.77. The number of carbonyl (C=O) groups excluding carboxylic acids is 2. The van der Waals surface area contributed by atoms with Gasteiger partial charge in [-0.05, 0) is 18.9 Å². The zero-order chi connectivity index (χ0) is 19.5. The van der Waals surface area contributed by atoms with Crippen molar-refractivity contribution in [3.63, 3.8) is 0 Å². The van der Waals surface area contributed by atoms with E-state index in [9.17, 15) is 9.59 Å². The van der Waals surface area contributed by atoms with Gasteiger partial charge in [0.1, 0.15) is 0 Å². The van der Waals surface area contributed by atoms with Crippen molar-refractivity contribution in [2.75, 3.05) is 51.6 Å². The fourth-order valence-electron chi connectivity index (χ4n) is 3.68. The summed E-state index contributed by atoms with van der Waals surface area (Å²) in [7, 11) is 0. The predicted molar refractivity (Wildman–Crippen MR) is 108 cm³/mol. The minimum absolute atomic E-state index is 0.0985. The van der Waals surface area contributed by atoms with Crippen LogP contribution in [0.25, 0.3) is 11.2 Å². The molecule has 2 amide bonds. The van der Waals surface area contributed by atoms with Crippen LogP contribution in [0.5, 0.6) is 0 Å². The van der Waals surface area contributed by atoms with E-state index in [0.29, 0.717) is 41.2 Å². The molecule has 2 aliphatic heterocycles. The van der Waals surface area contributed by atoms with E-state index in [1.165, 1.54) is 16.7 Å². The molecule has 0 spiro atoms. The van der Waals surface area contributed by atoms with Gasteiger partial charge in [0.05, 0.1) is 42.5 Å². The number of nitrogens with one attached hydrogen (secondary N) is 2. The van der Waals surface area contributed by atoms with Crippen LogP contribution in [0.3, 0.4) is 0 Å². The molecule has 4 heterocycles. The smallest absolute Gasteiger partial charge is 0.277 e. The molecular formula is C18H24ClN6O2S+. The SMILES string of the molecule is O=C(CSc1nc2ncc(Cl)cc2[nH]1)N1CC[NH+](CC(=O)N2CCCC2)CC1. The maximum atomic E-state index is 12.5. The first-order valence-electron chi connectivity index (χ1n) is 9.61. The topological polar surface area (TPSA) is 86.6 Å². The largest absolute Gasteiger partial charge is 0.338 e. The van der Waals surface area contributed by atoms with Crippen molar-refractivity contribution in [1.82, 2.24) is 24.8 Å². The van der Waals surface area contributed by atoms with Gasteiger partial charge in [-0.1, -0.05) is 23.4 Å². The molecule has 2 saturated heterocycles. The third-order valence-corrected chi connectivity index (χ3v) is 6.36. The van der Waals surface area contributed by atoms with Crippen LogP contribution in [-0.2, 0) is 9.59 Å². The number of hydrogen-bond donors (Lipinski definition) is 2. The number of halogens is 1. The molecule has 2 aliphatic rings. The van der Waals surface area contributed by atoms with E-state index in [1.54, 1.807) is 12.3 Å². The van der Waals surface area contributed by atoms with E-state index in [4.69, 9.17) is 11.6 Å². The summed E-state index contributed by atoms with van der Waals surface area (Å²) in [5.74, 6) is 0.679. The lowest BCUT2D eigenvalue weighted by Crippen LogP contribution is -3.15. The van der Waals surface area contributed by atoms with Crippen LogP contribution < -0.4 is 4.90 Å². The molecule has 10 heteroatoms. The van der Waals surface area contributed by atoms with Gasteiger partial charge in [-0.25, -0.2) is 9.97 Å². The van der Waals surface area contributed by atoms with Gasteiger partial charge in [0.2, 0.25) is 5.91 Å². The number of H-pyrrole nitrogens is 1. The second kappa shape index (κ2) is 8.67. The quantitative estimate of drug-likeness (QED) is 0.664. The molecule has 4 rings (SSSR count). The highest BCUT2D eigenvalue weighted by Gasteiger charge is 2.27. The first-order valence-corrected chi connectivity index (χ1v) is 11.0. The van der Waals surface area contributed by atoms with E-state index in [-0.39, 0.29) is 11.8 Å². The van der Waals surface area contributed by atoms with Crippen molar-refractivity contribution < 1.29 is 14.5 Å². The summed E-state index contributed by atoms with van der Waals surface area (Å²) in [4.78, 5) is 41.6. The molecule has 0 saturated carbocycles. The number of quaternary nitrogens is 1. The van der Waals surface area contributed by atoms with E-state index in [0.717, 1.165) is 44.5 Å². The zero-order valence-corrected chi connectivity index (χ0v) is 17.2. The van der Waals surface area contributed by atoms with E-state index in [2.05, 4.69) is 15.0 Å². The molecule has 2 aromatic heterocycles. The van der Waals surface area contributed by atoms with Crippen molar-refractivity contribution in [3.8, 4) is 0 Å². The Morgan fingerprint density at radius 3 is 2.61 bits per heavy atom. The van der Waals surface area contributed by atoms with Crippen molar-refractivity contribution in [1.29, 1.82) is 0 Å². The Morgan fingerprint density at radius 2 is 1.86 bits per heavy atom. The molecule has 0 unspecified atom stereocenters. The number of aromatic nitrogens is 3. The number of amides is 2. The Labute approximate surface area is 172 Å². The number of aromatic amines is 1. The summed E-state index contributed by atoms with van der Waals surface area (Å²) in [6.45, 7) is 5.38. The Hall–Kier alpha value is -1.84. The molecular weight excluding hydrogens is 400 g/mol. The van der Waals surface area contributed by atoms with Crippen LogP contribution in [-0.4, -0.2) is 88.1 Å². The summed E-state index contributed by atoms with van der Waals surface area (Å²) in [5, 5.41) is 1.21. The number of pyridine rings is 1. The Balaban J connectivity index is 1.22. The van der Waals surface area contributed by atoms with Crippen LogP contribution in [0, 0.1) is 0 Å². The van der Waals surface area contributed by atoms with Gasteiger partial charge in [0.25, 0.3) is 5.91 Å². The van der Waals surface area contributed by atoms with Crippen molar-refractivity contribution in [2.24, 2.45) is 0 Å². The highest BCUT2D eigenvalue weighted by Crippen LogP contribution is 2.20. The lowest BCUT2D eigenvalue weighted by atomic mass is 10.3. The number of fused-ring (bicyclic) bond motifs is 1. The number of carbonyl (C=O) groups is 2. The molecule has 0 bridgehead atoms. The minimum atomic E-state index is 0.0985. The number of rotatable bonds is 5. The van der Waals surface area contributed by atoms with Crippen molar-refractivity contribution in [2.45, 2.75) is 18.0 Å². The van der Waals surface area contributed by atoms with Gasteiger partial charge in [0.15, 0.2) is 17.3 Å². The van der Waals surface area contributed by atoms with E-state index in [1.807, 2.05) is 9.80 Å². The van der Waals surface area contributed by atoms with Gasteiger partial charge in [0, 0.05) is 19.3 Å². The molecule has 0 atom stereocenters. The second-order valence-electron chi connectivity index (χ2n) is 7.25. The maximum Gasteiger partial charge on any atom is 0.277 e. The zero-order valence-electron chi connectivity index (χ0n) is 15.6. The first-order chi connectivity index (χ1) is 13.6. The van der Waals surface area contributed by atoms with Crippen molar-refractivity contribution in [3.05, 3.63) is 17.3 Å². The second-order valence-corrected chi connectivity index (χ2v) is 8.65. The molecule has 0 aliphatic carbocycles. The monoisotopic (exact) mass is 423 g/mol. The third-order valence-electron chi connectivity index (χ3n) is 5.30. The molecule has 28 heavy (non-hydrogen) atoms. The van der Waals surface area contributed by atoms with Gasteiger partial charge in [-0.15, -0.1) is 0 Å².